The molecule has 0 heterocycles. The van der Waals surface area contributed by atoms with Crippen molar-refractivity contribution in [3.05, 3.63) is 91.5 Å². The lowest BCUT2D eigenvalue weighted by Gasteiger charge is -2.08. The molecule has 0 bridgehead atoms. The minimum atomic E-state index is -0.580. The van der Waals surface area contributed by atoms with Crippen LogP contribution in [0.15, 0.2) is 72.3 Å². The number of hydrogen-bond acceptors (Lipinski definition) is 4. The lowest BCUT2D eigenvalue weighted by atomic mass is 10.1. The van der Waals surface area contributed by atoms with Gasteiger partial charge in [-0.15, -0.1) is 0 Å². The van der Waals surface area contributed by atoms with Crippen molar-refractivity contribution in [1.82, 2.24) is 0 Å². The Morgan fingerprint density at radius 2 is 1.61 bits per heavy atom. The summed E-state index contributed by atoms with van der Waals surface area (Å²) in [6.45, 7) is -0.156. The second-order valence-corrected chi connectivity index (χ2v) is 8.73. The number of nitriles is 1. The molecule has 0 saturated carbocycles. The SMILES string of the molecule is N#C/C(=C/c1ccc(OCC(=O)Nc2ccc(I)cc2)cc1)C(=O)Nc1ccc(Cl)c(Cl)c1. The molecule has 166 valence electrons. The highest BCUT2D eigenvalue weighted by molar-refractivity contribution is 14.1. The van der Waals surface area contributed by atoms with E-state index >= 15 is 0 Å². The van der Waals surface area contributed by atoms with Crippen LogP contribution in [0.1, 0.15) is 5.56 Å². The number of carbonyl (C=O) groups excluding carboxylic acids is 2. The van der Waals surface area contributed by atoms with Crippen molar-refractivity contribution in [2.75, 3.05) is 17.2 Å². The smallest absolute Gasteiger partial charge is 0.266 e. The van der Waals surface area contributed by atoms with Crippen LogP contribution in [0.5, 0.6) is 5.75 Å². The summed E-state index contributed by atoms with van der Waals surface area (Å²) in [6, 6.07) is 20.6. The number of amides is 2. The molecule has 0 aliphatic carbocycles. The van der Waals surface area contributed by atoms with Crippen LogP contribution in [-0.4, -0.2) is 18.4 Å². The predicted molar refractivity (Wildman–Crippen MR) is 138 cm³/mol. The van der Waals surface area contributed by atoms with E-state index in [9.17, 15) is 14.9 Å². The Labute approximate surface area is 214 Å². The number of rotatable bonds is 7. The average molecular weight is 592 g/mol. The number of carbonyl (C=O) groups is 2. The maximum Gasteiger partial charge on any atom is 0.266 e. The number of anilines is 2. The zero-order valence-electron chi connectivity index (χ0n) is 16.9. The molecule has 0 aromatic heterocycles. The van der Waals surface area contributed by atoms with Crippen LogP contribution in [0.4, 0.5) is 11.4 Å². The molecule has 3 aromatic carbocycles. The van der Waals surface area contributed by atoms with Gasteiger partial charge >= 0.3 is 0 Å². The fourth-order valence-corrected chi connectivity index (χ4v) is 3.28. The van der Waals surface area contributed by atoms with Crippen LogP contribution in [0, 0.1) is 14.9 Å². The summed E-state index contributed by atoms with van der Waals surface area (Å²) in [5.74, 6) is -0.391. The highest BCUT2D eigenvalue weighted by atomic mass is 127. The highest BCUT2D eigenvalue weighted by Crippen LogP contribution is 2.25. The standard InChI is InChI=1S/C24H16Cl2IN3O3/c25-21-10-7-19(12-22(21)26)30-24(32)16(13-28)11-15-1-8-20(9-2-15)33-14-23(31)29-18-5-3-17(27)4-6-18/h1-12H,14H2,(H,29,31)(H,30,32)/b16-11-. The molecule has 9 heteroatoms. The van der Waals surface area contributed by atoms with Crippen LogP contribution in [0.3, 0.4) is 0 Å². The van der Waals surface area contributed by atoms with Crippen molar-refractivity contribution in [2.24, 2.45) is 0 Å². The first-order chi connectivity index (χ1) is 15.8. The number of benzene rings is 3. The average Bonchev–Trinajstić information content (AvgIpc) is 2.80. The Morgan fingerprint density at radius 3 is 2.24 bits per heavy atom. The molecule has 2 N–H and O–H groups in total. The number of hydrogen-bond donors (Lipinski definition) is 2. The van der Waals surface area contributed by atoms with E-state index in [4.69, 9.17) is 27.9 Å². The molecule has 0 aliphatic rings. The molecule has 2 amide bonds. The van der Waals surface area contributed by atoms with E-state index in [1.54, 1.807) is 36.4 Å². The van der Waals surface area contributed by atoms with Crippen LogP contribution >= 0.6 is 45.8 Å². The maximum absolute atomic E-state index is 12.4. The maximum atomic E-state index is 12.4. The number of nitrogens with one attached hydrogen (secondary N) is 2. The minimum Gasteiger partial charge on any atom is -0.484 e. The van der Waals surface area contributed by atoms with Crippen molar-refractivity contribution < 1.29 is 14.3 Å². The monoisotopic (exact) mass is 591 g/mol. The van der Waals surface area contributed by atoms with Gasteiger partial charge < -0.3 is 15.4 Å². The summed E-state index contributed by atoms with van der Waals surface area (Å²) >= 11 is 14.0. The summed E-state index contributed by atoms with van der Waals surface area (Å²) in [5, 5.41) is 15.4. The van der Waals surface area contributed by atoms with Crippen LogP contribution < -0.4 is 15.4 Å². The molecule has 3 rings (SSSR count). The van der Waals surface area contributed by atoms with Gasteiger partial charge in [0.25, 0.3) is 11.8 Å². The van der Waals surface area contributed by atoms with Gasteiger partial charge in [0.2, 0.25) is 0 Å². The molecule has 33 heavy (non-hydrogen) atoms. The third kappa shape index (κ3) is 7.49. The predicted octanol–water partition coefficient (Wildman–Crippen LogP) is 6.16. The fourth-order valence-electron chi connectivity index (χ4n) is 2.63. The summed E-state index contributed by atoms with van der Waals surface area (Å²) in [6.07, 6.45) is 1.44. The molecule has 0 radical (unpaired) electrons. The van der Waals surface area contributed by atoms with E-state index < -0.39 is 5.91 Å². The van der Waals surface area contributed by atoms with Crippen LogP contribution in [0.25, 0.3) is 6.08 Å². The van der Waals surface area contributed by atoms with Crippen LogP contribution in [-0.2, 0) is 9.59 Å². The molecule has 0 saturated heterocycles. The Balaban J connectivity index is 1.57. The summed E-state index contributed by atoms with van der Waals surface area (Å²) in [4.78, 5) is 24.5. The number of nitrogens with zero attached hydrogens (tertiary/aromatic N) is 1. The summed E-state index contributed by atoms with van der Waals surface area (Å²) < 4.78 is 6.57. The van der Waals surface area contributed by atoms with E-state index in [1.807, 2.05) is 30.3 Å². The minimum absolute atomic E-state index is 0.0911. The van der Waals surface area contributed by atoms with Gasteiger partial charge in [-0.2, -0.15) is 5.26 Å². The van der Waals surface area contributed by atoms with E-state index in [0.717, 1.165) is 3.57 Å². The molecule has 0 atom stereocenters. The van der Waals surface area contributed by atoms with Gasteiger partial charge in [0.05, 0.1) is 10.0 Å². The molecular formula is C24H16Cl2IN3O3. The quantitative estimate of drug-likeness (QED) is 0.195. The first-order valence-corrected chi connectivity index (χ1v) is 11.3. The third-order valence-electron chi connectivity index (χ3n) is 4.23. The fraction of sp³-hybridized carbons (Fsp3) is 0.0417. The lowest BCUT2D eigenvalue weighted by Crippen LogP contribution is -2.20. The second kappa shape index (κ2) is 11.7. The van der Waals surface area contributed by atoms with Gasteiger partial charge in [0.1, 0.15) is 17.4 Å². The zero-order chi connectivity index (χ0) is 23.8. The molecule has 0 fully saturated rings. The largest absolute Gasteiger partial charge is 0.484 e. The first-order valence-electron chi connectivity index (χ1n) is 9.50. The Kier molecular flexibility index (Phi) is 8.72. The molecular weight excluding hydrogens is 576 g/mol. The zero-order valence-corrected chi connectivity index (χ0v) is 20.6. The Morgan fingerprint density at radius 1 is 0.939 bits per heavy atom. The van der Waals surface area contributed by atoms with E-state index in [2.05, 4.69) is 33.2 Å². The van der Waals surface area contributed by atoms with Crippen molar-refractivity contribution in [1.29, 1.82) is 5.26 Å². The topological polar surface area (TPSA) is 91.2 Å². The molecule has 0 spiro atoms. The van der Waals surface area contributed by atoms with Gasteiger partial charge in [0, 0.05) is 14.9 Å². The molecule has 3 aromatic rings. The highest BCUT2D eigenvalue weighted by Gasteiger charge is 2.11. The molecule has 0 aliphatic heterocycles. The van der Waals surface area contributed by atoms with Gasteiger partial charge in [-0.1, -0.05) is 35.3 Å². The molecule has 6 nitrogen and oxygen atoms in total. The number of ether oxygens (including phenoxy) is 1. The van der Waals surface area contributed by atoms with Crippen LogP contribution in [0.2, 0.25) is 10.0 Å². The first kappa shape index (κ1) is 24.6. The van der Waals surface area contributed by atoms with Crippen molar-refractivity contribution in [2.45, 2.75) is 0 Å². The number of halogens is 3. The Bertz CT molecular complexity index is 1240. The van der Waals surface area contributed by atoms with Crippen molar-refractivity contribution >= 4 is 75.1 Å². The normalized spacial score (nSPS) is 10.8. The van der Waals surface area contributed by atoms with Gasteiger partial charge in [-0.25, -0.2) is 0 Å². The van der Waals surface area contributed by atoms with Gasteiger partial charge in [-0.05, 0) is 88.8 Å². The Hall–Kier alpha value is -3.06. The van der Waals surface area contributed by atoms with E-state index in [0.29, 0.717) is 32.7 Å². The second-order valence-electron chi connectivity index (χ2n) is 6.67. The van der Waals surface area contributed by atoms with Gasteiger partial charge in [0.15, 0.2) is 6.61 Å². The van der Waals surface area contributed by atoms with E-state index in [-0.39, 0.29) is 18.1 Å². The lowest BCUT2D eigenvalue weighted by molar-refractivity contribution is -0.118. The summed E-state index contributed by atoms with van der Waals surface area (Å²) in [7, 11) is 0. The van der Waals surface area contributed by atoms with Gasteiger partial charge in [-0.3, -0.25) is 9.59 Å². The summed E-state index contributed by atoms with van der Waals surface area (Å²) in [5.41, 5.74) is 1.63. The van der Waals surface area contributed by atoms with Crippen molar-refractivity contribution in [3.8, 4) is 11.8 Å². The van der Waals surface area contributed by atoms with E-state index in [1.165, 1.54) is 12.1 Å². The molecule has 0 unspecified atom stereocenters. The van der Waals surface area contributed by atoms with Crippen molar-refractivity contribution in [3.63, 3.8) is 0 Å². The third-order valence-corrected chi connectivity index (χ3v) is 5.69.